The number of carbonyl (C=O) groups excluding carboxylic acids is 2. The summed E-state index contributed by atoms with van der Waals surface area (Å²) < 4.78 is 1.57. The van der Waals surface area contributed by atoms with Crippen LogP contribution in [0.15, 0.2) is 36.5 Å². The van der Waals surface area contributed by atoms with Gasteiger partial charge in [-0.15, -0.1) is 5.10 Å². The normalized spacial score (nSPS) is 20.4. The van der Waals surface area contributed by atoms with E-state index < -0.39 is 0 Å². The maximum atomic E-state index is 12.3. The van der Waals surface area contributed by atoms with Gasteiger partial charge >= 0.3 is 0 Å². The Kier molecular flexibility index (Phi) is 4.59. The van der Waals surface area contributed by atoms with Crippen LogP contribution in [-0.4, -0.2) is 43.8 Å². The molecule has 2 aromatic rings. The molecule has 3 rings (SSSR count). The molecule has 2 atom stereocenters. The van der Waals surface area contributed by atoms with Crippen molar-refractivity contribution in [3.8, 4) is 0 Å². The minimum Gasteiger partial charge on any atom is -0.350 e. The van der Waals surface area contributed by atoms with Crippen molar-refractivity contribution in [2.75, 3.05) is 0 Å². The molecule has 0 saturated carbocycles. The lowest BCUT2D eigenvalue weighted by Gasteiger charge is -2.25. The standard InChI is InChI=1S/C17H21N5O2/c1-12-15(19-16(23)8-14-10-18-20-21(14)2)9-17(24)22(12)11-13-6-4-3-5-7-13/h3-7,10,12,15H,8-9,11H2,1-2H3,(H,19,23). The van der Waals surface area contributed by atoms with E-state index in [0.29, 0.717) is 13.0 Å². The van der Waals surface area contributed by atoms with E-state index in [1.807, 2.05) is 42.2 Å². The molecular weight excluding hydrogens is 306 g/mol. The van der Waals surface area contributed by atoms with Crippen molar-refractivity contribution in [2.24, 2.45) is 7.05 Å². The van der Waals surface area contributed by atoms with E-state index in [9.17, 15) is 9.59 Å². The monoisotopic (exact) mass is 327 g/mol. The van der Waals surface area contributed by atoms with Crippen molar-refractivity contribution < 1.29 is 9.59 Å². The van der Waals surface area contributed by atoms with Gasteiger partial charge in [0.1, 0.15) is 0 Å². The molecule has 1 aromatic carbocycles. The number of benzene rings is 1. The van der Waals surface area contributed by atoms with Gasteiger partial charge in [0, 0.05) is 26.1 Å². The third kappa shape index (κ3) is 3.45. The minimum atomic E-state index is -0.171. The third-order valence-electron chi connectivity index (χ3n) is 4.48. The summed E-state index contributed by atoms with van der Waals surface area (Å²) in [5, 5.41) is 10.5. The lowest BCUT2D eigenvalue weighted by Crippen LogP contribution is -2.44. The Hall–Kier alpha value is -2.70. The number of nitrogens with zero attached hydrogens (tertiary/aromatic N) is 4. The molecule has 1 aromatic heterocycles. The summed E-state index contributed by atoms with van der Waals surface area (Å²) in [5.41, 5.74) is 1.83. The van der Waals surface area contributed by atoms with Crippen LogP contribution in [0.4, 0.5) is 0 Å². The molecule has 2 unspecified atom stereocenters. The molecule has 2 amide bonds. The Labute approximate surface area is 140 Å². The Morgan fingerprint density at radius 2 is 2.08 bits per heavy atom. The number of rotatable bonds is 5. The Morgan fingerprint density at radius 1 is 1.33 bits per heavy atom. The summed E-state index contributed by atoms with van der Waals surface area (Å²) >= 11 is 0. The highest BCUT2D eigenvalue weighted by Gasteiger charge is 2.37. The molecule has 0 bridgehead atoms. The van der Waals surface area contributed by atoms with Crippen LogP contribution in [0.1, 0.15) is 24.6 Å². The first-order valence-electron chi connectivity index (χ1n) is 8.01. The van der Waals surface area contributed by atoms with Gasteiger partial charge in [0.25, 0.3) is 0 Å². The lowest BCUT2D eigenvalue weighted by molar-refractivity contribution is -0.129. The van der Waals surface area contributed by atoms with Crippen LogP contribution < -0.4 is 5.32 Å². The van der Waals surface area contributed by atoms with Gasteiger partial charge in [-0.3, -0.25) is 14.3 Å². The minimum absolute atomic E-state index is 0.0358. The summed E-state index contributed by atoms with van der Waals surface area (Å²) in [6.45, 7) is 2.54. The number of aromatic nitrogens is 3. The molecule has 0 aliphatic carbocycles. The van der Waals surface area contributed by atoms with Crippen molar-refractivity contribution in [1.82, 2.24) is 25.2 Å². The van der Waals surface area contributed by atoms with E-state index in [4.69, 9.17) is 0 Å². The maximum absolute atomic E-state index is 12.3. The first kappa shape index (κ1) is 16.2. The fraction of sp³-hybridized carbons (Fsp3) is 0.412. The van der Waals surface area contributed by atoms with Crippen molar-refractivity contribution in [3.05, 3.63) is 47.8 Å². The van der Waals surface area contributed by atoms with Crippen LogP contribution in [0.25, 0.3) is 0 Å². The number of carbonyl (C=O) groups is 2. The predicted octanol–water partition coefficient (Wildman–Crippen LogP) is 0.663. The van der Waals surface area contributed by atoms with Gasteiger partial charge in [-0.1, -0.05) is 35.5 Å². The van der Waals surface area contributed by atoms with Gasteiger partial charge in [0.15, 0.2) is 0 Å². The highest BCUT2D eigenvalue weighted by Crippen LogP contribution is 2.22. The molecule has 1 aliphatic rings. The van der Waals surface area contributed by atoms with Crippen LogP contribution in [0.2, 0.25) is 0 Å². The Morgan fingerprint density at radius 3 is 2.75 bits per heavy atom. The summed E-state index contributed by atoms with van der Waals surface area (Å²) in [7, 11) is 1.75. The van der Waals surface area contributed by atoms with Crippen LogP contribution >= 0.6 is 0 Å². The topological polar surface area (TPSA) is 80.1 Å². The molecule has 1 aliphatic heterocycles. The van der Waals surface area contributed by atoms with E-state index in [0.717, 1.165) is 11.3 Å². The van der Waals surface area contributed by atoms with Crippen molar-refractivity contribution in [2.45, 2.75) is 38.4 Å². The molecule has 2 heterocycles. The zero-order valence-corrected chi connectivity index (χ0v) is 13.8. The second kappa shape index (κ2) is 6.82. The largest absolute Gasteiger partial charge is 0.350 e. The molecular formula is C17H21N5O2. The second-order valence-corrected chi connectivity index (χ2v) is 6.15. The molecule has 1 N–H and O–H groups in total. The first-order valence-corrected chi connectivity index (χ1v) is 8.01. The molecule has 1 fully saturated rings. The van der Waals surface area contributed by atoms with E-state index in [1.165, 1.54) is 0 Å². The molecule has 0 radical (unpaired) electrons. The third-order valence-corrected chi connectivity index (χ3v) is 4.48. The summed E-state index contributed by atoms with van der Waals surface area (Å²) in [6, 6.07) is 9.67. The fourth-order valence-corrected chi connectivity index (χ4v) is 3.00. The zero-order chi connectivity index (χ0) is 17.1. The van der Waals surface area contributed by atoms with Crippen LogP contribution in [0.3, 0.4) is 0 Å². The number of nitrogens with one attached hydrogen (secondary N) is 1. The summed E-state index contributed by atoms with van der Waals surface area (Å²) in [4.78, 5) is 26.4. The maximum Gasteiger partial charge on any atom is 0.226 e. The Balaban J connectivity index is 1.60. The number of hydrogen-bond donors (Lipinski definition) is 1. The number of likely N-dealkylation sites (tertiary alicyclic amines) is 1. The average molecular weight is 327 g/mol. The van der Waals surface area contributed by atoms with Crippen molar-refractivity contribution >= 4 is 11.8 Å². The van der Waals surface area contributed by atoms with Gasteiger partial charge in [0.05, 0.1) is 24.4 Å². The molecule has 126 valence electrons. The van der Waals surface area contributed by atoms with Gasteiger partial charge < -0.3 is 10.2 Å². The highest BCUT2D eigenvalue weighted by molar-refractivity contribution is 5.83. The van der Waals surface area contributed by atoms with Gasteiger partial charge in [0.2, 0.25) is 11.8 Å². The van der Waals surface area contributed by atoms with Crippen molar-refractivity contribution in [3.63, 3.8) is 0 Å². The van der Waals surface area contributed by atoms with E-state index in [1.54, 1.807) is 17.9 Å². The molecule has 7 nitrogen and oxygen atoms in total. The molecule has 1 saturated heterocycles. The smallest absolute Gasteiger partial charge is 0.226 e. The lowest BCUT2D eigenvalue weighted by atomic mass is 10.1. The van der Waals surface area contributed by atoms with E-state index in [2.05, 4.69) is 15.6 Å². The van der Waals surface area contributed by atoms with E-state index in [-0.39, 0.29) is 30.3 Å². The number of aryl methyl sites for hydroxylation is 1. The first-order chi connectivity index (χ1) is 11.5. The number of amides is 2. The second-order valence-electron chi connectivity index (χ2n) is 6.15. The Bertz CT molecular complexity index is 728. The zero-order valence-electron chi connectivity index (χ0n) is 13.8. The summed E-state index contributed by atoms with van der Waals surface area (Å²) in [5.74, 6) is -0.0505. The SMILES string of the molecule is CC1C(NC(=O)Cc2cnnn2C)CC(=O)N1Cc1ccccc1. The van der Waals surface area contributed by atoms with Crippen molar-refractivity contribution in [1.29, 1.82) is 0 Å². The van der Waals surface area contributed by atoms with E-state index >= 15 is 0 Å². The molecule has 24 heavy (non-hydrogen) atoms. The summed E-state index contributed by atoms with van der Waals surface area (Å²) in [6.07, 6.45) is 2.12. The quantitative estimate of drug-likeness (QED) is 0.875. The molecule has 7 heteroatoms. The predicted molar refractivity (Wildman–Crippen MR) is 87.7 cm³/mol. The van der Waals surface area contributed by atoms with Gasteiger partial charge in [-0.2, -0.15) is 0 Å². The van der Waals surface area contributed by atoms with Gasteiger partial charge in [-0.05, 0) is 12.5 Å². The number of hydrogen-bond acceptors (Lipinski definition) is 4. The van der Waals surface area contributed by atoms with Crippen LogP contribution in [-0.2, 0) is 29.6 Å². The van der Waals surface area contributed by atoms with Gasteiger partial charge in [-0.25, -0.2) is 0 Å². The highest BCUT2D eigenvalue weighted by atomic mass is 16.2. The average Bonchev–Trinajstić information content (AvgIpc) is 3.07. The molecule has 0 spiro atoms. The van der Waals surface area contributed by atoms with Crippen LogP contribution in [0.5, 0.6) is 0 Å². The van der Waals surface area contributed by atoms with Crippen LogP contribution in [0, 0.1) is 0 Å². The fourth-order valence-electron chi connectivity index (χ4n) is 3.00.